The summed E-state index contributed by atoms with van der Waals surface area (Å²) in [6.45, 7) is 4.56. The van der Waals surface area contributed by atoms with E-state index in [2.05, 4.69) is 4.74 Å². The highest BCUT2D eigenvalue weighted by Crippen LogP contribution is 2.66. The number of halogens is 6. The lowest BCUT2D eigenvalue weighted by Gasteiger charge is -2.41. The molecule has 1 N–H and O–H groups in total. The Bertz CT molecular complexity index is 617. The second kappa shape index (κ2) is 6.00. The molecule has 0 aromatic heterocycles. The summed E-state index contributed by atoms with van der Waals surface area (Å²) in [6.07, 6.45) is -13.1. The monoisotopic (exact) mass is 402 g/mol. The van der Waals surface area contributed by atoms with Crippen LogP contribution in [0.3, 0.4) is 0 Å². The number of alkyl halides is 6. The number of carbonyl (C=O) groups excluding carboxylic acids is 1. The lowest BCUT2D eigenvalue weighted by molar-refractivity contribution is -0.318. The summed E-state index contributed by atoms with van der Waals surface area (Å²) >= 11 is 0. The fraction of sp³-hybridized carbons (Fsp3) is 0.944. The molecular formula is C18H24F6O3. The van der Waals surface area contributed by atoms with Crippen LogP contribution in [0.1, 0.15) is 46.5 Å². The van der Waals surface area contributed by atoms with Crippen LogP contribution in [-0.4, -0.2) is 34.6 Å². The van der Waals surface area contributed by atoms with Gasteiger partial charge in [-0.05, 0) is 54.8 Å². The van der Waals surface area contributed by atoms with Gasteiger partial charge in [0.15, 0.2) is 5.60 Å². The largest absolute Gasteiger partial charge is 0.449 e. The van der Waals surface area contributed by atoms with Crippen molar-refractivity contribution in [2.24, 2.45) is 35.5 Å². The molecule has 3 aliphatic rings. The minimum absolute atomic E-state index is 0.0802. The van der Waals surface area contributed by atoms with E-state index >= 15 is 0 Å². The zero-order valence-electron chi connectivity index (χ0n) is 15.3. The molecule has 0 spiro atoms. The summed E-state index contributed by atoms with van der Waals surface area (Å²) in [5.41, 5.74) is -6.89. The predicted molar refractivity (Wildman–Crippen MR) is 82.3 cm³/mol. The first-order valence-corrected chi connectivity index (χ1v) is 9.17. The third kappa shape index (κ3) is 3.04. The van der Waals surface area contributed by atoms with Gasteiger partial charge in [-0.1, -0.05) is 13.8 Å². The van der Waals surface area contributed by atoms with Crippen molar-refractivity contribution in [3.63, 3.8) is 0 Å². The number of aliphatic hydroxyl groups is 1. The Labute approximate surface area is 153 Å². The van der Waals surface area contributed by atoms with E-state index in [1.54, 1.807) is 0 Å². The molecule has 3 fully saturated rings. The van der Waals surface area contributed by atoms with Crippen molar-refractivity contribution in [3.8, 4) is 0 Å². The Morgan fingerprint density at radius 1 is 0.926 bits per heavy atom. The van der Waals surface area contributed by atoms with E-state index in [1.807, 2.05) is 13.8 Å². The van der Waals surface area contributed by atoms with Gasteiger partial charge in [-0.25, -0.2) is 0 Å². The molecule has 0 amide bonds. The molecule has 3 saturated carbocycles. The molecular weight excluding hydrogens is 378 g/mol. The van der Waals surface area contributed by atoms with Crippen LogP contribution in [0.25, 0.3) is 0 Å². The maximum Gasteiger partial charge on any atom is 0.428 e. The predicted octanol–water partition coefficient (Wildman–Crippen LogP) is 4.48. The molecule has 0 aromatic carbocycles. The molecule has 0 aromatic rings. The standard InChI is InChI=1S/C18H24F6O3/c1-8-9(2)12-4-11(8)13-5-15(26,17(19,20)21)7-16(6-14(12)13,18(22,23)24)27-10(3)25/h8-9,11-14,26H,4-7H2,1-3H3. The van der Waals surface area contributed by atoms with Crippen molar-refractivity contribution in [1.29, 1.82) is 0 Å². The minimum atomic E-state index is -5.25. The van der Waals surface area contributed by atoms with E-state index in [4.69, 9.17) is 0 Å². The van der Waals surface area contributed by atoms with Crippen LogP contribution in [0.5, 0.6) is 0 Å². The third-order valence-electron chi connectivity index (χ3n) is 7.47. The summed E-state index contributed by atoms with van der Waals surface area (Å²) in [4.78, 5) is 11.4. The van der Waals surface area contributed by atoms with E-state index in [-0.39, 0.29) is 23.7 Å². The number of fused-ring (bicyclic) bond motifs is 5. The van der Waals surface area contributed by atoms with Gasteiger partial charge in [0.1, 0.15) is 0 Å². The average Bonchev–Trinajstić information content (AvgIpc) is 2.88. The summed E-state index contributed by atoms with van der Waals surface area (Å²) in [7, 11) is 0. The average molecular weight is 402 g/mol. The van der Waals surface area contributed by atoms with Gasteiger partial charge >= 0.3 is 18.3 Å². The normalized spacial score (nSPS) is 47.5. The number of hydrogen-bond donors (Lipinski definition) is 1. The smallest absolute Gasteiger partial charge is 0.428 e. The summed E-state index contributed by atoms with van der Waals surface area (Å²) in [5, 5.41) is 10.4. The van der Waals surface area contributed by atoms with Crippen LogP contribution in [0, 0.1) is 35.5 Å². The van der Waals surface area contributed by atoms with Gasteiger partial charge in [0.05, 0.1) is 0 Å². The Morgan fingerprint density at radius 2 is 1.41 bits per heavy atom. The SMILES string of the molecule is CC(=O)OC1(C(F)(F)F)CC2C3CC(C(C)C3C)C2CC(O)(C(F)(F)F)C1. The number of hydrogen-bond acceptors (Lipinski definition) is 3. The first-order valence-electron chi connectivity index (χ1n) is 9.17. The maximum absolute atomic E-state index is 14.0. The zero-order chi connectivity index (χ0) is 20.6. The molecule has 9 heteroatoms. The fourth-order valence-electron chi connectivity index (χ4n) is 6.12. The van der Waals surface area contributed by atoms with Crippen LogP contribution in [-0.2, 0) is 9.53 Å². The van der Waals surface area contributed by atoms with Gasteiger partial charge in [-0.15, -0.1) is 0 Å². The fourth-order valence-corrected chi connectivity index (χ4v) is 6.12. The van der Waals surface area contributed by atoms with Crippen molar-refractivity contribution in [1.82, 2.24) is 0 Å². The first-order chi connectivity index (χ1) is 12.1. The van der Waals surface area contributed by atoms with Gasteiger partial charge in [0.2, 0.25) is 5.60 Å². The van der Waals surface area contributed by atoms with E-state index in [9.17, 15) is 36.2 Å². The highest BCUT2D eigenvalue weighted by Gasteiger charge is 2.72. The van der Waals surface area contributed by atoms with Crippen LogP contribution < -0.4 is 0 Å². The molecule has 0 heterocycles. The topological polar surface area (TPSA) is 46.5 Å². The molecule has 2 bridgehead atoms. The van der Waals surface area contributed by atoms with E-state index < -0.39 is 60.6 Å². The Morgan fingerprint density at radius 3 is 1.81 bits per heavy atom. The van der Waals surface area contributed by atoms with E-state index in [1.165, 1.54) is 0 Å². The molecule has 3 aliphatic carbocycles. The second-order valence-electron chi connectivity index (χ2n) is 8.81. The van der Waals surface area contributed by atoms with Crippen LogP contribution >= 0.6 is 0 Å². The lowest BCUT2D eigenvalue weighted by Crippen LogP contribution is -2.57. The van der Waals surface area contributed by atoms with Crippen molar-refractivity contribution in [2.45, 2.75) is 70.0 Å². The number of carbonyl (C=O) groups is 1. The molecule has 0 aliphatic heterocycles. The van der Waals surface area contributed by atoms with Crippen LogP contribution in [0.15, 0.2) is 0 Å². The third-order valence-corrected chi connectivity index (χ3v) is 7.47. The minimum Gasteiger partial charge on any atom is -0.449 e. The second-order valence-corrected chi connectivity index (χ2v) is 8.81. The van der Waals surface area contributed by atoms with Crippen molar-refractivity contribution in [3.05, 3.63) is 0 Å². The molecule has 3 rings (SSSR count). The molecule has 0 radical (unpaired) electrons. The van der Waals surface area contributed by atoms with Gasteiger partial charge in [0, 0.05) is 13.3 Å². The van der Waals surface area contributed by atoms with Gasteiger partial charge in [0.25, 0.3) is 0 Å². The Balaban J connectivity index is 2.12. The van der Waals surface area contributed by atoms with Crippen molar-refractivity contribution >= 4 is 5.97 Å². The summed E-state index contributed by atoms with van der Waals surface area (Å²) in [6, 6.07) is 0. The lowest BCUT2D eigenvalue weighted by atomic mass is 9.66. The van der Waals surface area contributed by atoms with Crippen LogP contribution in [0.4, 0.5) is 26.3 Å². The van der Waals surface area contributed by atoms with Crippen molar-refractivity contribution < 1.29 is 41.0 Å². The van der Waals surface area contributed by atoms with Gasteiger partial charge in [-0.2, -0.15) is 26.3 Å². The highest BCUT2D eigenvalue weighted by atomic mass is 19.4. The zero-order valence-corrected chi connectivity index (χ0v) is 15.3. The van der Waals surface area contributed by atoms with Crippen molar-refractivity contribution in [2.75, 3.05) is 0 Å². The van der Waals surface area contributed by atoms with Crippen LogP contribution in [0.2, 0.25) is 0 Å². The van der Waals surface area contributed by atoms with E-state index in [0.717, 1.165) is 6.92 Å². The van der Waals surface area contributed by atoms with E-state index in [0.29, 0.717) is 6.42 Å². The number of esters is 1. The Kier molecular flexibility index (Phi) is 4.61. The quantitative estimate of drug-likeness (QED) is 0.520. The highest BCUT2D eigenvalue weighted by molar-refractivity contribution is 5.66. The maximum atomic E-state index is 14.0. The number of ether oxygens (including phenoxy) is 1. The molecule has 3 nitrogen and oxygen atoms in total. The molecule has 0 saturated heterocycles. The molecule has 27 heavy (non-hydrogen) atoms. The summed E-state index contributed by atoms with van der Waals surface area (Å²) in [5.74, 6) is -2.81. The number of rotatable bonds is 1. The van der Waals surface area contributed by atoms with Gasteiger partial charge in [-0.3, -0.25) is 4.79 Å². The van der Waals surface area contributed by atoms with Gasteiger partial charge < -0.3 is 9.84 Å². The molecule has 8 unspecified atom stereocenters. The molecule has 156 valence electrons. The Hall–Kier alpha value is -0.990. The molecule has 8 atom stereocenters. The summed E-state index contributed by atoms with van der Waals surface area (Å²) < 4.78 is 87.6. The first kappa shape index (κ1) is 20.7.